The van der Waals surface area contributed by atoms with Crippen molar-refractivity contribution in [2.24, 2.45) is 5.92 Å². The molecular formula is C13H24N2O4S. The van der Waals surface area contributed by atoms with Gasteiger partial charge in [0.15, 0.2) is 0 Å². The van der Waals surface area contributed by atoms with Gasteiger partial charge in [-0.25, -0.2) is 8.42 Å². The number of hydrogen-bond acceptors (Lipinski definition) is 4. The first-order valence-corrected chi connectivity index (χ1v) is 9.11. The van der Waals surface area contributed by atoms with E-state index < -0.39 is 16.1 Å². The van der Waals surface area contributed by atoms with Crippen LogP contribution in [0.2, 0.25) is 0 Å². The molecule has 20 heavy (non-hydrogen) atoms. The molecule has 0 aromatic heterocycles. The van der Waals surface area contributed by atoms with Crippen molar-refractivity contribution in [1.29, 1.82) is 0 Å². The Morgan fingerprint density at radius 3 is 2.70 bits per heavy atom. The zero-order valence-electron chi connectivity index (χ0n) is 12.2. The summed E-state index contributed by atoms with van der Waals surface area (Å²) in [5.74, 6) is 0.328. The highest BCUT2D eigenvalue weighted by Gasteiger charge is 2.38. The number of nitrogens with zero attached hydrogens (tertiary/aromatic N) is 2. The molecule has 2 aliphatic heterocycles. The van der Waals surface area contributed by atoms with Crippen molar-refractivity contribution in [1.82, 2.24) is 9.21 Å². The molecule has 116 valence electrons. The molecule has 2 atom stereocenters. The van der Waals surface area contributed by atoms with Gasteiger partial charge in [0.1, 0.15) is 6.04 Å². The van der Waals surface area contributed by atoms with E-state index in [2.05, 4.69) is 0 Å². The molecule has 0 aromatic carbocycles. The van der Waals surface area contributed by atoms with Gasteiger partial charge in [0.05, 0.1) is 12.9 Å². The van der Waals surface area contributed by atoms with E-state index in [-0.39, 0.29) is 5.91 Å². The smallest absolute Gasteiger partial charge is 0.241 e. The van der Waals surface area contributed by atoms with Crippen LogP contribution in [0.1, 0.15) is 26.2 Å². The van der Waals surface area contributed by atoms with E-state index in [1.165, 1.54) is 10.6 Å². The van der Waals surface area contributed by atoms with Crippen LogP contribution in [0.15, 0.2) is 0 Å². The highest BCUT2D eigenvalue weighted by molar-refractivity contribution is 7.88. The highest BCUT2D eigenvalue weighted by atomic mass is 32.2. The molecule has 2 heterocycles. The van der Waals surface area contributed by atoms with Gasteiger partial charge in [0, 0.05) is 32.2 Å². The van der Waals surface area contributed by atoms with Crippen LogP contribution in [0.4, 0.5) is 0 Å². The average molecular weight is 304 g/mol. The molecule has 0 bridgehead atoms. The fraction of sp³-hybridized carbons (Fsp3) is 0.923. The maximum absolute atomic E-state index is 12.6. The summed E-state index contributed by atoms with van der Waals surface area (Å²) in [6, 6.07) is -0.507. The molecule has 0 aromatic rings. The molecule has 1 amide bonds. The van der Waals surface area contributed by atoms with Crippen molar-refractivity contribution in [3.63, 3.8) is 0 Å². The Balaban J connectivity index is 2.03. The molecule has 2 aliphatic rings. The van der Waals surface area contributed by atoms with E-state index in [9.17, 15) is 13.2 Å². The fourth-order valence-electron chi connectivity index (χ4n) is 3.01. The third-order valence-corrected chi connectivity index (χ3v) is 5.40. The maximum atomic E-state index is 12.6. The lowest BCUT2D eigenvalue weighted by atomic mass is 10.1. The quantitative estimate of drug-likeness (QED) is 0.732. The number of carbonyl (C=O) groups is 1. The average Bonchev–Trinajstić information content (AvgIpc) is 3.05. The summed E-state index contributed by atoms with van der Waals surface area (Å²) in [6.45, 7) is 5.14. The Morgan fingerprint density at radius 2 is 2.15 bits per heavy atom. The molecule has 2 fully saturated rings. The summed E-state index contributed by atoms with van der Waals surface area (Å²) < 4.78 is 30.2. The predicted molar refractivity (Wildman–Crippen MR) is 75.8 cm³/mol. The Morgan fingerprint density at radius 1 is 1.40 bits per heavy atom. The lowest BCUT2D eigenvalue weighted by Gasteiger charge is -2.29. The van der Waals surface area contributed by atoms with E-state index in [4.69, 9.17) is 4.74 Å². The first-order chi connectivity index (χ1) is 9.43. The number of carbonyl (C=O) groups excluding carboxylic acids is 1. The number of likely N-dealkylation sites (N-methyl/N-ethyl adjacent to an activating group) is 1. The Kier molecular flexibility index (Phi) is 5.04. The molecule has 2 rings (SSSR count). The first kappa shape index (κ1) is 15.7. The van der Waals surface area contributed by atoms with Crippen LogP contribution in [0, 0.1) is 5.92 Å². The molecule has 7 heteroatoms. The zero-order valence-corrected chi connectivity index (χ0v) is 13.1. The van der Waals surface area contributed by atoms with Crippen molar-refractivity contribution in [2.45, 2.75) is 32.2 Å². The molecule has 0 aliphatic carbocycles. The van der Waals surface area contributed by atoms with Crippen LogP contribution in [0.25, 0.3) is 0 Å². The van der Waals surface area contributed by atoms with Crippen LogP contribution in [-0.2, 0) is 19.6 Å². The summed E-state index contributed by atoms with van der Waals surface area (Å²) >= 11 is 0. The first-order valence-electron chi connectivity index (χ1n) is 7.26. The summed E-state index contributed by atoms with van der Waals surface area (Å²) in [6.07, 6.45) is 3.54. The largest absolute Gasteiger partial charge is 0.381 e. The lowest BCUT2D eigenvalue weighted by molar-refractivity contribution is -0.135. The normalized spacial score (nSPS) is 27.9. The number of hydrogen-bond donors (Lipinski definition) is 0. The van der Waals surface area contributed by atoms with Gasteiger partial charge in [0.2, 0.25) is 15.9 Å². The fourth-order valence-corrected chi connectivity index (χ4v) is 4.13. The van der Waals surface area contributed by atoms with Crippen LogP contribution >= 0.6 is 0 Å². The third kappa shape index (κ3) is 3.51. The van der Waals surface area contributed by atoms with Crippen LogP contribution in [-0.4, -0.2) is 68.7 Å². The maximum Gasteiger partial charge on any atom is 0.241 e. The van der Waals surface area contributed by atoms with Crippen LogP contribution in [0.3, 0.4) is 0 Å². The monoisotopic (exact) mass is 304 g/mol. The Labute approximate surface area is 121 Å². The van der Waals surface area contributed by atoms with Gasteiger partial charge in [-0.2, -0.15) is 4.31 Å². The zero-order chi connectivity index (χ0) is 14.8. The van der Waals surface area contributed by atoms with Gasteiger partial charge < -0.3 is 9.64 Å². The molecule has 0 radical (unpaired) electrons. The number of sulfonamides is 1. The van der Waals surface area contributed by atoms with E-state index in [0.29, 0.717) is 38.6 Å². The molecular weight excluding hydrogens is 280 g/mol. The predicted octanol–water partition coefficient (Wildman–Crippen LogP) is 0.295. The molecule has 0 spiro atoms. The second kappa shape index (κ2) is 6.41. The van der Waals surface area contributed by atoms with E-state index in [0.717, 1.165) is 19.4 Å². The van der Waals surface area contributed by atoms with Crippen molar-refractivity contribution in [2.75, 3.05) is 39.1 Å². The van der Waals surface area contributed by atoms with Crippen molar-refractivity contribution < 1.29 is 17.9 Å². The SMILES string of the molecule is CCN(CC1CCOC1)C(=O)C1CCCN1S(C)(=O)=O. The van der Waals surface area contributed by atoms with Crippen LogP contribution in [0.5, 0.6) is 0 Å². The van der Waals surface area contributed by atoms with Crippen molar-refractivity contribution >= 4 is 15.9 Å². The summed E-state index contributed by atoms with van der Waals surface area (Å²) in [4.78, 5) is 14.4. The van der Waals surface area contributed by atoms with Gasteiger partial charge in [-0.15, -0.1) is 0 Å². The van der Waals surface area contributed by atoms with Gasteiger partial charge in [-0.05, 0) is 26.2 Å². The van der Waals surface area contributed by atoms with Gasteiger partial charge >= 0.3 is 0 Å². The minimum atomic E-state index is -3.30. The highest BCUT2D eigenvalue weighted by Crippen LogP contribution is 2.23. The number of amides is 1. The topological polar surface area (TPSA) is 66.9 Å². The van der Waals surface area contributed by atoms with Crippen LogP contribution < -0.4 is 0 Å². The molecule has 0 N–H and O–H groups in total. The minimum Gasteiger partial charge on any atom is -0.381 e. The van der Waals surface area contributed by atoms with Crippen molar-refractivity contribution in [3.05, 3.63) is 0 Å². The molecule has 2 unspecified atom stereocenters. The Hall–Kier alpha value is -0.660. The minimum absolute atomic E-state index is 0.0534. The molecule has 6 nitrogen and oxygen atoms in total. The second-order valence-electron chi connectivity index (χ2n) is 5.64. The third-order valence-electron chi connectivity index (χ3n) is 4.11. The van der Waals surface area contributed by atoms with Crippen molar-refractivity contribution in [3.8, 4) is 0 Å². The van der Waals surface area contributed by atoms with E-state index >= 15 is 0 Å². The molecule has 2 saturated heterocycles. The Bertz CT molecular complexity index is 445. The summed E-state index contributed by atoms with van der Waals surface area (Å²) in [5, 5.41) is 0. The van der Waals surface area contributed by atoms with Gasteiger partial charge in [-0.1, -0.05) is 0 Å². The standard InChI is InChI=1S/C13H24N2O4S/c1-3-14(9-11-6-8-19-10-11)13(16)12-5-4-7-15(12)20(2,17)18/h11-12H,3-10H2,1-2H3. The van der Waals surface area contributed by atoms with Gasteiger partial charge in [-0.3, -0.25) is 4.79 Å². The summed E-state index contributed by atoms with van der Waals surface area (Å²) in [5.41, 5.74) is 0. The second-order valence-corrected chi connectivity index (χ2v) is 7.57. The van der Waals surface area contributed by atoms with E-state index in [1.807, 2.05) is 6.92 Å². The lowest BCUT2D eigenvalue weighted by Crippen LogP contribution is -2.48. The van der Waals surface area contributed by atoms with E-state index in [1.54, 1.807) is 4.90 Å². The number of ether oxygens (including phenoxy) is 1. The number of rotatable bonds is 5. The summed E-state index contributed by atoms with van der Waals surface area (Å²) in [7, 11) is -3.30. The van der Waals surface area contributed by atoms with Gasteiger partial charge in [0.25, 0.3) is 0 Å². The molecule has 0 saturated carbocycles.